The predicted molar refractivity (Wildman–Crippen MR) is 69.9 cm³/mol. The molecule has 1 saturated heterocycles. The molecule has 0 amide bonds. The summed E-state index contributed by atoms with van der Waals surface area (Å²) in [7, 11) is 0. The summed E-state index contributed by atoms with van der Waals surface area (Å²) in [5.74, 6) is 0. The number of anilines is 1. The predicted octanol–water partition coefficient (Wildman–Crippen LogP) is 2.95. The quantitative estimate of drug-likeness (QED) is 0.818. The van der Waals surface area contributed by atoms with Crippen LogP contribution in [0.2, 0.25) is 5.02 Å². The van der Waals surface area contributed by atoms with Crippen LogP contribution in [0.25, 0.3) is 0 Å². The van der Waals surface area contributed by atoms with Gasteiger partial charge < -0.3 is 10.6 Å². The van der Waals surface area contributed by atoms with Crippen molar-refractivity contribution in [1.82, 2.24) is 4.90 Å². The average Bonchev–Trinajstić information content (AvgIpc) is 2.77. The smallest absolute Gasteiger partial charge is 0.0667 e. The van der Waals surface area contributed by atoms with Crippen LogP contribution in [-0.4, -0.2) is 24.5 Å². The summed E-state index contributed by atoms with van der Waals surface area (Å²) in [6, 6.07) is 5.90. The van der Waals surface area contributed by atoms with Crippen LogP contribution in [-0.2, 0) is 6.42 Å². The van der Waals surface area contributed by atoms with E-state index in [4.69, 9.17) is 17.3 Å². The number of halogens is 1. The Morgan fingerprint density at radius 2 is 2.00 bits per heavy atom. The van der Waals surface area contributed by atoms with Crippen molar-refractivity contribution in [3.05, 3.63) is 28.8 Å². The molecule has 2 rings (SSSR count). The van der Waals surface area contributed by atoms with Crippen molar-refractivity contribution in [2.24, 2.45) is 0 Å². The molecule has 1 aromatic carbocycles. The van der Waals surface area contributed by atoms with Crippen LogP contribution in [0.1, 0.15) is 24.8 Å². The maximum Gasteiger partial charge on any atom is 0.0667 e. The zero-order chi connectivity index (χ0) is 11.4. The van der Waals surface area contributed by atoms with Crippen molar-refractivity contribution >= 4 is 17.3 Å². The van der Waals surface area contributed by atoms with Gasteiger partial charge in [0.1, 0.15) is 0 Å². The zero-order valence-electron chi connectivity index (χ0n) is 9.58. The summed E-state index contributed by atoms with van der Waals surface area (Å²) in [6.07, 6.45) is 4.92. The summed E-state index contributed by atoms with van der Waals surface area (Å²) in [4.78, 5) is 2.53. The van der Waals surface area contributed by atoms with Crippen molar-refractivity contribution in [1.29, 1.82) is 0 Å². The van der Waals surface area contributed by atoms with Crippen molar-refractivity contribution < 1.29 is 0 Å². The molecule has 2 N–H and O–H groups in total. The van der Waals surface area contributed by atoms with E-state index in [0.717, 1.165) is 11.4 Å². The summed E-state index contributed by atoms with van der Waals surface area (Å²) >= 11 is 6.15. The molecule has 16 heavy (non-hydrogen) atoms. The number of nitrogens with zero attached hydrogens (tertiary/aromatic N) is 1. The van der Waals surface area contributed by atoms with Gasteiger partial charge in [-0.1, -0.05) is 23.7 Å². The van der Waals surface area contributed by atoms with E-state index in [0.29, 0.717) is 5.69 Å². The first kappa shape index (κ1) is 11.7. The molecule has 1 fully saturated rings. The Kier molecular flexibility index (Phi) is 4.08. The highest BCUT2D eigenvalue weighted by molar-refractivity contribution is 6.33. The molecule has 0 radical (unpaired) electrons. The first-order valence-corrected chi connectivity index (χ1v) is 6.40. The van der Waals surface area contributed by atoms with Gasteiger partial charge in [0, 0.05) is 0 Å². The van der Waals surface area contributed by atoms with Gasteiger partial charge in [-0.3, -0.25) is 0 Å². The Morgan fingerprint density at radius 1 is 1.25 bits per heavy atom. The Hall–Kier alpha value is -0.730. The van der Waals surface area contributed by atoms with Gasteiger partial charge in [-0.2, -0.15) is 0 Å². The summed E-state index contributed by atoms with van der Waals surface area (Å²) in [5, 5.41) is 0.740. The Balaban J connectivity index is 1.82. The number of nitrogen functional groups attached to an aromatic ring is 1. The van der Waals surface area contributed by atoms with E-state index in [1.165, 1.54) is 44.5 Å². The normalized spacial score (nSPS) is 16.8. The van der Waals surface area contributed by atoms with Gasteiger partial charge in [0.2, 0.25) is 0 Å². The molecule has 1 heterocycles. The van der Waals surface area contributed by atoms with Crippen molar-refractivity contribution in [2.45, 2.75) is 25.7 Å². The van der Waals surface area contributed by atoms with E-state index in [-0.39, 0.29) is 0 Å². The van der Waals surface area contributed by atoms with Gasteiger partial charge in [0.05, 0.1) is 10.7 Å². The fourth-order valence-corrected chi connectivity index (χ4v) is 2.51. The highest BCUT2D eigenvalue weighted by Crippen LogP contribution is 2.24. The molecule has 0 aliphatic carbocycles. The molecule has 1 aliphatic rings. The minimum atomic E-state index is 0.695. The number of hydrogen-bond acceptors (Lipinski definition) is 2. The van der Waals surface area contributed by atoms with E-state index in [9.17, 15) is 0 Å². The Morgan fingerprint density at radius 3 is 2.75 bits per heavy atom. The minimum absolute atomic E-state index is 0.695. The van der Waals surface area contributed by atoms with Crippen LogP contribution in [0, 0.1) is 0 Å². The third-order valence-corrected chi connectivity index (χ3v) is 3.69. The van der Waals surface area contributed by atoms with Crippen LogP contribution >= 0.6 is 11.6 Å². The van der Waals surface area contributed by atoms with Crippen LogP contribution in [0.4, 0.5) is 5.69 Å². The number of rotatable bonds is 4. The monoisotopic (exact) mass is 238 g/mol. The highest BCUT2D eigenvalue weighted by Gasteiger charge is 2.11. The summed E-state index contributed by atoms with van der Waals surface area (Å²) in [6.45, 7) is 3.72. The van der Waals surface area contributed by atoms with Gasteiger partial charge in [-0.15, -0.1) is 0 Å². The van der Waals surface area contributed by atoms with Gasteiger partial charge >= 0.3 is 0 Å². The topological polar surface area (TPSA) is 29.3 Å². The number of likely N-dealkylation sites (tertiary alicyclic amines) is 1. The molecule has 2 nitrogen and oxygen atoms in total. The molecule has 3 heteroatoms. The van der Waals surface area contributed by atoms with Crippen molar-refractivity contribution in [3.8, 4) is 0 Å². The first-order chi connectivity index (χ1) is 7.77. The molecular formula is C13H19ClN2. The molecule has 0 bridgehead atoms. The van der Waals surface area contributed by atoms with Crippen LogP contribution < -0.4 is 5.73 Å². The number of aryl methyl sites for hydroxylation is 1. The molecule has 0 unspecified atom stereocenters. The van der Waals surface area contributed by atoms with E-state index in [2.05, 4.69) is 11.0 Å². The average molecular weight is 239 g/mol. The lowest BCUT2D eigenvalue weighted by molar-refractivity contribution is 0.334. The highest BCUT2D eigenvalue weighted by atomic mass is 35.5. The number of hydrogen-bond donors (Lipinski definition) is 1. The zero-order valence-corrected chi connectivity index (χ0v) is 10.3. The molecular weight excluding hydrogens is 220 g/mol. The lowest BCUT2D eigenvalue weighted by atomic mass is 10.1. The maximum atomic E-state index is 6.15. The van der Waals surface area contributed by atoms with Crippen molar-refractivity contribution in [3.63, 3.8) is 0 Å². The molecule has 0 saturated carbocycles. The van der Waals surface area contributed by atoms with E-state index in [1.807, 2.05) is 12.1 Å². The van der Waals surface area contributed by atoms with E-state index < -0.39 is 0 Å². The second-order valence-electron chi connectivity index (χ2n) is 4.47. The minimum Gasteiger partial charge on any atom is -0.398 e. The summed E-state index contributed by atoms with van der Waals surface area (Å²) < 4.78 is 0. The maximum absolute atomic E-state index is 6.15. The molecule has 1 aromatic rings. The Bertz CT molecular complexity index is 346. The number of nitrogens with two attached hydrogens (primary N) is 1. The van der Waals surface area contributed by atoms with Crippen molar-refractivity contribution in [2.75, 3.05) is 25.4 Å². The third-order valence-electron chi connectivity index (χ3n) is 3.23. The van der Waals surface area contributed by atoms with Crippen LogP contribution in [0.5, 0.6) is 0 Å². The fourth-order valence-electron chi connectivity index (χ4n) is 2.29. The third kappa shape index (κ3) is 2.89. The molecule has 0 aromatic heterocycles. The largest absolute Gasteiger partial charge is 0.398 e. The lowest BCUT2D eigenvalue weighted by Gasteiger charge is -2.14. The van der Waals surface area contributed by atoms with Crippen LogP contribution in [0.15, 0.2) is 18.2 Å². The van der Waals surface area contributed by atoms with Gasteiger partial charge in [0.15, 0.2) is 0 Å². The SMILES string of the molecule is Nc1cccc(CCCN2CCCC2)c1Cl. The lowest BCUT2D eigenvalue weighted by Crippen LogP contribution is -2.20. The Labute approximate surface area is 102 Å². The second kappa shape index (κ2) is 5.55. The molecule has 0 spiro atoms. The number of benzene rings is 1. The van der Waals surface area contributed by atoms with Gasteiger partial charge in [-0.25, -0.2) is 0 Å². The van der Waals surface area contributed by atoms with Gasteiger partial charge in [0.25, 0.3) is 0 Å². The first-order valence-electron chi connectivity index (χ1n) is 6.02. The molecule has 0 atom stereocenters. The standard InChI is InChI=1S/C13H19ClN2/c14-13-11(5-3-7-12(13)15)6-4-10-16-8-1-2-9-16/h3,5,7H,1-2,4,6,8-10,15H2. The molecule has 88 valence electrons. The fraction of sp³-hybridized carbons (Fsp3) is 0.538. The van der Waals surface area contributed by atoms with Gasteiger partial charge in [-0.05, 0) is 56.9 Å². The van der Waals surface area contributed by atoms with Crippen LogP contribution in [0.3, 0.4) is 0 Å². The second-order valence-corrected chi connectivity index (χ2v) is 4.85. The van der Waals surface area contributed by atoms with E-state index >= 15 is 0 Å². The van der Waals surface area contributed by atoms with E-state index in [1.54, 1.807) is 0 Å². The molecule has 1 aliphatic heterocycles. The summed E-state index contributed by atoms with van der Waals surface area (Å²) in [5.41, 5.74) is 7.65.